The van der Waals surface area contributed by atoms with Crippen LogP contribution in [0.2, 0.25) is 0 Å². The molecule has 4 aliphatic heterocycles. The molecule has 0 aromatic heterocycles. The number of fused-ring (bicyclic) bond motifs is 4. The molecule has 4 aliphatic rings. The Morgan fingerprint density at radius 3 is 1.63 bits per heavy atom. The van der Waals surface area contributed by atoms with Crippen molar-refractivity contribution in [2.45, 2.75) is 0 Å². The minimum atomic E-state index is -0.787. The van der Waals surface area contributed by atoms with E-state index >= 15 is 4.48 Å². The van der Waals surface area contributed by atoms with Crippen LogP contribution in [0.25, 0.3) is 11.4 Å². The second kappa shape index (κ2) is 11.4. The summed E-state index contributed by atoms with van der Waals surface area (Å²) in [5, 5.41) is 8.96. The van der Waals surface area contributed by atoms with Crippen LogP contribution in [0.3, 0.4) is 0 Å². The van der Waals surface area contributed by atoms with Crippen LogP contribution >= 0.6 is 0 Å². The SMILES string of the molecule is O=C1Nc2ccccc2C(=O)/C1=C1\NC(=Nc2ccccc2)c2cc3c(cc21)/C(=C1\C(=O)Nc2ccccc2C1=O)N(F)C3=Nc1ccccc1. The highest BCUT2D eigenvalue weighted by molar-refractivity contribution is 6.40. The predicted octanol–water partition coefficient (Wildman–Crippen LogP) is 6.74. The van der Waals surface area contributed by atoms with E-state index in [2.05, 4.69) is 20.9 Å². The van der Waals surface area contributed by atoms with Gasteiger partial charge in [0, 0.05) is 33.4 Å². The molecule has 0 aliphatic carbocycles. The largest absolute Gasteiger partial charge is 0.338 e. The minimum Gasteiger partial charge on any atom is -0.338 e. The second-order valence-corrected chi connectivity index (χ2v) is 12.0. The molecule has 0 bridgehead atoms. The van der Waals surface area contributed by atoms with Gasteiger partial charge in [-0.1, -0.05) is 65.1 Å². The summed E-state index contributed by atoms with van der Waals surface area (Å²) < 4.78 is 16.9. The Labute approximate surface area is 289 Å². The summed E-state index contributed by atoms with van der Waals surface area (Å²) in [5.41, 5.74) is 2.67. The Hall–Kier alpha value is -7.27. The molecule has 2 amide bonds. The van der Waals surface area contributed by atoms with E-state index in [1.807, 2.05) is 18.2 Å². The molecule has 0 saturated carbocycles. The van der Waals surface area contributed by atoms with Crippen molar-refractivity contribution in [3.05, 3.63) is 166 Å². The van der Waals surface area contributed by atoms with Crippen LogP contribution in [0, 0.1) is 0 Å². The first-order chi connectivity index (χ1) is 24.9. The van der Waals surface area contributed by atoms with Gasteiger partial charge in [0.25, 0.3) is 11.8 Å². The summed E-state index contributed by atoms with van der Waals surface area (Å²) in [6.07, 6.45) is 0. The summed E-state index contributed by atoms with van der Waals surface area (Å²) in [6.45, 7) is 0. The third-order valence-electron chi connectivity index (χ3n) is 9.03. The van der Waals surface area contributed by atoms with Gasteiger partial charge < -0.3 is 16.0 Å². The molecule has 10 nitrogen and oxygen atoms in total. The Bertz CT molecular complexity index is 2540. The van der Waals surface area contributed by atoms with Gasteiger partial charge >= 0.3 is 0 Å². The van der Waals surface area contributed by atoms with Gasteiger partial charge in [0.1, 0.15) is 22.7 Å². The number of Topliss-reactive ketones (excluding diaryl/α,β-unsaturated/α-hetero) is 2. The number of amides is 2. The van der Waals surface area contributed by atoms with Crippen LogP contribution in [0.5, 0.6) is 0 Å². The fourth-order valence-electron chi connectivity index (χ4n) is 6.70. The van der Waals surface area contributed by atoms with Gasteiger partial charge in [0.2, 0.25) is 11.6 Å². The van der Waals surface area contributed by atoms with Crippen molar-refractivity contribution >= 4 is 69.2 Å². The summed E-state index contributed by atoms with van der Waals surface area (Å²) in [6, 6.07) is 34.2. The number of aliphatic imine (C=N–C) groups is 2. The maximum Gasteiger partial charge on any atom is 0.261 e. The molecule has 9 rings (SSSR count). The van der Waals surface area contributed by atoms with Crippen molar-refractivity contribution in [2.24, 2.45) is 9.98 Å². The quantitative estimate of drug-likeness (QED) is 0.108. The molecule has 244 valence electrons. The predicted molar refractivity (Wildman–Crippen MR) is 190 cm³/mol. The second-order valence-electron chi connectivity index (χ2n) is 12.0. The molecule has 0 spiro atoms. The molecule has 5 aromatic rings. The van der Waals surface area contributed by atoms with E-state index in [0.29, 0.717) is 45.3 Å². The summed E-state index contributed by atoms with van der Waals surface area (Å²) >= 11 is 0. The molecular weight excluding hydrogens is 647 g/mol. The number of amidine groups is 2. The molecule has 5 aromatic carbocycles. The highest BCUT2D eigenvalue weighted by Crippen LogP contribution is 2.44. The summed E-state index contributed by atoms with van der Waals surface area (Å²) in [5.74, 6) is -2.47. The molecule has 51 heavy (non-hydrogen) atoms. The smallest absolute Gasteiger partial charge is 0.261 e. The summed E-state index contributed by atoms with van der Waals surface area (Å²) in [7, 11) is 0. The van der Waals surface area contributed by atoms with Gasteiger partial charge in [0.05, 0.1) is 28.4 Å². The highest BCUT2D eigenvalue weighted by Gasteiger charge is 2.43. The van der Waals surface area contributed by atoms with Crippen LogP contribution in [-0.4, -0.2) is 40.2 Å². The van der Waals surface area contributed by atoms with Crippen molar-refractivity contribution in [3.8, 4) is 0 Å². The number of nitrogens with zero attached hydrogens (tertiary/aromatic N) is 3. The van der Waals surface area contributed by atoms with Gasteiger partial charge in [0.15, 0.2) is 5.84 Å². The van der Waals surface area contributed by atoms with E-state index in [4.69, 9.17) is 4.99 Å². The van der Waals surface area contributed by atoms with E-state index in [-0.39, 0.29) is 44.6 Å². The van der Waals surface area contributed by atoms with E-state index in [1.54, 1.807) is 103 Å². The lowest BCUT2D eigenvalue weighted by Crippen LogP contribution is -2.31. The van der Waals surface area contributed by atoms with Crippen LogP contribution in [-0.2, 0) is 9.59 Å². The lowest BCUT2D eigenvalue weighted by Gasteiger charge is -2.21. The maximum atomic E-state index is 16.9. The van der Waals surface area contributed by atoms with E-state index < -0.39 is 29.0 Å². The van der Waals surface area contributed by atoms with E-state index in [1.165, 1.54) is 0 Å². The van der Waals surface area contributed by atoms with E-state index in [9.17, 15) is 19.2 Å². The number of halogens is 1. The number of anilines is 2. The van der Waals surface area contributed by atoms with Gasteiger partial charge in [-0.2, -0.15) is 5.12 Å². The van der Waals surface area contributed by atoms with Gasteiger partial charge in [-0.3, -0.25) is 19.2 Å². The Morgan fingerprint density at radius 2 is 1.00 bits per heavy atom. The number of hydrogen-bond donors (Lipinski definition) is 3. The molecule has 0 atom stereocenters. The minimum absolute atomic E-state index is 0.146. The fraction of sp³-hybridized carbons (Fsp3) is 0. The number of carbonyl (C=O) groups is 4. The van der Waals surface area contributed by atoms with Crippen LogP contribution in [0.15, 0.2) is 142 Å². The lowest BCUT2D eigenvalue weighted by atomic mass is 9.90. The number of nitrogens with one attached hydrogen (secondary N) is 3. The zero-order chi connectivity index (χ0) is 34.8. The molecule has 11 heteroatoms. The van der Waals surface area contributed by atoms with Crippen LogP contribution in [0.1, 0.15) is 43.0 Å². The first kappa shape index (κ1) is 29.8. The fourth-order valence-corrected chi connectivity index (χ4v) is 6.70. The molecule has 0 fully saturated rings. The number of ketones is 2. The molecule has 0 radical (unpaired) electrons. The van der Waals surface area contributed by atoms with Gasteiger partial charge in [-0.25, -0.2) is 9.98 Å². The van der Waals surface area contributed by atoms with Crippen molar-refractivity contribution in [2.75, 3.05) is 10.6 Å². The topological polar surface area (TPSA) is 132 Å². The standard InChI is InChI=1S/C40H23FN6O4/c41-47-34(32-36(49)24-16-8-10-18-30(24)45-40(32)51)26-19-25-27(20-28(26)38(47)43-22-13-5-2-6-14-22)37(42-21-11-3-1-4-12-21)46-33(25)31-35(48)23-15-7-9-17-29(23)44-39(31)50/h1-20H,(H,42,46)(H,44,50)(H,45,51)/b33-31+,34-32+,43-38?. The lowest BCUT2D eigenvalue weighted by molar-refractivity contribution is -0.113. The van der Waals surface area contributed by atoms with Gasteiger partial charge in [-0.15, -0.1) is 0 Å². The first-order valence-corrected chi connectivity index (χ1v) is 16.0. The number of benzene rings is 5. The molecular formula is C40H23FN6O4. The third kappa shape index (κ3) is 4.71. The molecule has 4 heterocycles. The molecule has 0 unspecified atom stereocenters. The first-order valence-electron chi connectivity index (χ1n) is 16.0. The number of rotatable bonds is 2. The average molecular weight is 671 g/mol. The van der Waals surface area contributed by atoms with E-state index in [0.717, 1.165) is 0 Å². The number of para-hydroxylation sites is 4. The monoisotopic (exact) mass is 670 g/mol. The molecule has 0 saturated heterocycles. The highest BCUT2D eigenvalue weighted by atomic mass is 19.2. The van der Waals surface area contributed by atoms with Gasteiger partial charge in [-0.05, 0) is 60.7 Å². The number of hydrogen-bond acceptors (Lipinski definition) is 6. The van der Waals surface area contributed by atoms with Crippen molar-refractivity contribution in [1.82, 2.24) is 10.4 Å². The Balaban J connectivity index is 1.33. The average Bonchev–Trinajstić information content (AvgIpc) is 3.61. The normalized spacial score (nSPS) is 20.5. The Morgan fingerprint density at radius 1 is 0.490 bits per heavy atom. The van der Waals surface area contributed by atoms with Crippen molar-refractivity contribution in [1.29, 1.82) is 0 Å². The summed E-state index contributed by atoms with van der Waals surface area (Å²) in [4.78, 5) is 64.6. The van der Waals surface area contributed by atoms with Crippen molar-refractivity contribution < 1.29 is 23.7 Å². The van der Waals surface area contributed by atoms with Crippen LogP contribution < -0.4 is 16.0 Å². The van der Waals surface area contributed by atoms with Crippen molar-refractivity contribution in [3.63, 3.8) is 0 Å². The zero-order valence-corrected chi connectivity index (χ0v) is 26.4. The zero-order valence-electron chi connectivity index (χ0n) is 26.4. The Kier molecular flexibility index (Phi) is 6.68. The van der Waals surface area contributed by atoms with Crippen LogP contribution in [0.4, 0.5) is 27.2 Å². The number of carbonyl (C=O) groups excluding carboxylic acids is 4. The maximum absolute atomic E-state index is 16.9. The molecule has 3 N–H and O–H groups in total. The third-order valence-corrected chi connectivity index (χ3v) is 9.03.